The van der Waals surface area contributed by atoms with Crippen molar-refractivity contribution in [2.75, 3.05) is 0 Å². The lowest BCUT2D eigenvalue weighted by Crippen LogP contribution is -2.17. The lowest BCUT2D eigenvalue weighted by Gasteiger charge is -2.02. The maximum absolute atomic E-state index is 11.7. The highest BCUT2D eigenvalue weighted by Gasteiger charge is 2.06. The van der Waals surface area contributed by atoms with Crippen molar-refractivity contribution in [2.45, 2.75) is 0 Å². The fourth-order valence-electron chi connectivity index (χ4n) is 1.41. The molecule has 2 aromatic rings. The zero-order chi connectivity index (χ0) is 14.5. The van der Waals surface area contributed by atoms with E-state index in [2.05, 4.69) is 15.5 Å². The normalized spacial score (nSPS) is 10.7. The Hall–Kier alpha value is -2.11. The minimum atomic E-state index is -0.392. The number of hydrogen-bond donors (Lipinski definition) is 2. The summed E-state index contributed by atoms with van der Waals surface area (Å²) in [5.41, 5.74) is 3.04. The molecule has 0 aliphatic heterocycles. The lowest BCUT2D eigenvalue weighted by molar-refractivity contribution is 0.0955. The van der Waals surface area contributed by atoms with Crippen LogP contribution in [0.4, 0.5) is 0 Å². The Morgan fingerprint density at radius 1 is 1.30 bits per heavy atom. The van der Waals surface area contributed by atoms with Crippen molar-refractivity contribution in [1.29, 1.82) is 0 Å². The SMILES string of the molecule is O=C(N/N=C\c1cc(Cl)cc(Cl)c1O)c1ccncc1. The van der Waals surface area contributed by atoms with E-state index in [1.807, 2.05) is 0 Å². The smallest absolute Gasteiger partial charge is 0.271 e. The number of aromatic nitrogens is 1. The predicted octanol–water partition coefficient (Wildman–Crippen LogP) is 2.86. The van der Waals surface area contributed by atoms with E-state index in [1.165, 1.54) is 30.7 Å². The summed E-state index contributed by atoms with van der Waals surface area (Å²) >= 11 is 11.6. The average molecular weight is 310 g/mol. The number of phenolic OH excluding ortho intramolecular Hbond substituents is 1. The van der Waals surface area contributed by atoms with E-state index in [0.717, 1.165) is 0 Å². The maximum atomic E-state index is 11.7. The van der Waals surface area contributed by atoms with Crippen LogP contribution in [0.25, 0.3) is 0 Å². The third-order valence-electron chi connectivity index (χ3n) is 2.37. The Kier molecular flexibility index (Phi) is 4.55. The van der Waals surface area contributed by atoms with Gasteiger partial charge in [-0.25, -0.2) is 5.43 Å². The Morgan fingerprint density at radius 3 is 2.70 bits per heavy atom. The first kappa shape index (κ1) is 14.3. The van der Waals surface area contributed by atoms with Crippen LogP contribution in [0.2, 0.25) is 10.0 Å². The molecule has 0 fully saturated rings. The zero-order valence-corrected chi connectivity index (χ0v) is 11.6. The van der Waals surface area contributed by atoms with E-state index in [0.29, 0.717) is 16.1 Å². The van der Waals surface area contributed by atoms with Crippen molar-refractivity contribution in [3.63, 3.8) is 0 Å². The quantitative estimate of drug-likeness (QED) is 0.676. The second kappa shape index (κ2) is 6.36. The molecule has 0 aliphatic carbocycles. The van der Waals surface area contributed by atoms with Gasteiger partial charge in [-0.15, -0.1) is 0 Å². The van der Waals surface area contributed by atoms with Gasteiger partial charge >= 0.3 is 0 Å². The number of hydrazone groups is 1. The molecule has 1 aromatic heterocycles. The zero-order valence-electron chi connectivity index (χ0n) is 10.0. The average Bonchev–Trinajstić information content (AvgIpc) is 2.44. The molecular weight excluding hydrogens is 301 g/mol. The highest BCUT2D eigenvalue weighted by atomic mass is 35.5. The van der Waals surface area contributed by atoms with Crippen LogP contribution < -0.4 is 5.43 Å². The Balaban J connectivity index is 2.10. The molecule has 1 amide bonds. The number of hydrogen-bond acceptors (Lipinski definition) is 4. The van der Waals surface area contributed by atoms with Crippen LogP contribution in [0.1, 0.15) is 15.9 Å². The van der Waals surface area contributed by atoms with E-state index < -0.39 is 5.91 Å². The van der Waals surface area contributed by atoms with Gasteiger partial charge in [0.05, 0.1) is 11.2 Å². The first-order valence-electron chi connectivity index (χ1n) is 5.49. The van der Waals surface area contributed by atoms with Gasteiger partial charge in [-0.3, -0.25) is 9.78 Å². The molecule has 2 N–H and O–H groups in total. The third kappa shape index (κ3) is 3.46. The summed E-state index contributed by atoms with van der Waals surface area (Å²) in [5.74, 6) is -0.547. The van der Waals surface area contributed by atoms with Gasteiger partial charge in [0.15, 0.2) is 0 Å². The van der Waals surface area contributed by atoms with Crippen molar-refractivity contribution in [3.05, 3.63) is 57.8 Å². The molecule has 0 spiro atoms. The molecule has 5 nitrogen and oxygen atoms in total. The molecule has 0 unspecified atom stereocenters. The van der Waals surface area contributed by atoms with Gasteiger partial charge in [0.2, 0.25) is 0 Å². The number of carbonyl (C=O) groups excluding carboxylic acids is 1. The lowest BCUT2D eigenvalue weighted by atomic mass is 10.2. The molecule has 7 heteroatoms. The molecule has 2 rings (SSSR count). The minimum Gasteiger partial charge on any atom is -0.506 e. The summed E-state index contributed by atoms with van der Waals surface area (Å²) in [5, 5.41) is 13.9. The van der Waals surface area contributed by atoms with Crippen LogP contribution in [0, 0.1) is 0 Å². The van der Waals surface area contributed by atoms with Gasteiger partial charge in [0.1, 0.15) is 5.75 Å². The number of aromatic hydroxyl groups is 1. The molecule has 0 radical (unpaired) electrons. The summed E-state index contributed by atoms with van der Waals surface area (Å²) in [6.45, 7) is 0. The van der Waals surface area contributed by atoms with E-state index in [4.69, 9.17) is 23.2 Å². The number of pyridine rings is 1. The largest absolute Gasteiger partial charge is 0.506 e. The number of benzene rings is 1. The number of halogens is 2. The third-order valence-corrected chi connectivity index (χ3v) is 2.88. The summed E-state index contributed by atoms with van der Waals surface area (Å²) in [6, 6.07) is 5.99. The predicted molar refractivity (Wildman–Crippen MR) is 77.4 cm³/mol. The molecule has 0 bridgehead atoms. The number of amides is 1. The second-order valence-corrected chi connectivity index (χ2v) is 4.60. The number of nitrogens with zero attached hydrogens (tertiary/aromatic N) is 2. The number of rotatable bonds is 3. The van der Waals surface area contributed by atoms with Gasteiger partial charge in [-0.1, -0.05) is 23.2 Å². The summed E-state index contributed by atoms with van der Waals surface area (Å²) in [6.07, 6.45) is 4.26. The van der Waals surface area contributed by atoms with Gasteiger partial charge in [-0.2, -0.15) is 5.10 Å². The van der Waals surface area contributed by atoms with Crippen molar-refractivity contribution in [1.82, 2.24) is 10.4 Å². The first-order chi connectivity index (χ1) is 9.58. The molecule has 102 valence electrons. The van der Waals surface area contributed by atoms with E-state index in [1.54, 1.807) is 12.1 Å². The van der Waals surface area contributed by atoms with Gasteiger partial charge in [0, 0.05) is 28.5 Å². The molecule has 0 aliphatic rings. The van der Waals surface area contributed by atoms with Gasteiger partial charge < -0.3 is 5.11 Å². The summed E-state index contributed by atoms with van der Waals surface area (Å²) in [4.78, 5) is 15.5. The molecule has 0 saturated carbocycles. The highest BCUT2D eigenvalue weighted by Crippen LogP contribution is 2.29. The van der Waals surface area contributed by atoms with Crippen LogP contribution in [-0.2, 0) is 0 Å². The van der Waals surface area contributed by atoms with Crippen LogP contribution in [0.5, 0.6) is 5.75 Å². The molecule has 0 saturated heterocycles. The van der Waals surface area contributed by atoms with Gasteiger partial charge in [-0.05, 0) is 24.3 Å². The monoisotopic (exact) mass is 309 g/mol. The molecular formula is C13H9Cl2N3O2. The number of phenols is 1. The summed E-state index contributed by atoms with van der Waals surface area (Å²) in [7, 11) is 0. The molecule has 1 aromatic carbocycles. The van der Waals surface area contributed by atoms with Crippen LogP contribution in [0.3, 0.4) is 0 Å². The standard InChI is InChI=1S/C13H9Cl2N3O2/c14-10-5-9(12(19)11(15)6-10)7-17-18-13(20)8-1-3-16-4-2-8/h1-7,19H,(H,18,20)/b17-7-. The topological polar surface area (TPSA) is 74.6 Å². The first-order valence-corrected chi connectivity index (χ1v) is 6.25. The minimum absolute atomic E-state index is 0.111. The number of carbonyl (C=O) groups is 1. The molecule has 20 heavy (non-hydrogen) atoms. The number of nitrogens with one attached hydrogen (secondary N) is 1. The van der Waals surface area contributed by atoms with Crippen molar-refractivity contribution < 1.29 is 9.90 Å². The molecule has 1 heterocycles. The highest BCUT2D eigenvalue weighted by molar-refractivity contribution is 6.36. The van der Waals surface area contributed by atoms with E-state index >= 15 is 0 Å². The van der Waals surface area contributed by atoms with Crippen molar-refractivity contribution >= 4 is 35.3 Å². The van der Waals surface area contributed by atoms with Crippen molar-refractivity contribution in [3.8, 4) is 5.75 Å². The molecule has 0 atom stereocenters. The fraction of sp³-hybridized carbons (Fsp3) is 0. The van der Waals surface area contributed by atoms with E-state index in [9.17, 15) is 9.90 Å². The van der Waals surface area contributed by atoms with Crippen LogP contribution in [-0.4, -0.2) is 22.2 Å². The summed E-state index contributed by atoms with van der Waals surface area (Å²) < 4.78 is 0. The van der Waals surface area contributed by atoms with Crippen molar-refractivity contribution in [2.24, 2.45) is 5.10 Å². The van der Waals surface area contributed by atoms with Crippen LogP contribution >= 0.6 is 23.2 Å². The Labute approximate surface area is 124 Å². The second-order valence-electron chi connectivity index (χ2n) is 3.76. The fourth-order valence-corrected chi connectivity index (χ4v) is 1.92. The Morgan fingerprint density at radius 2 is 2.00 bits per heavy atom. The maximum Gasteiger partial charge on any atom is 0.271 e. The van der Waals surface area contributed by atoms with Gasteiger partial charge in [0.25, 0.3) is 5.91 Å². The van der Waals surface area contributed by atoms with Crippen LogP contribution in [0.15, 0.2) is 41.8 Å². The van der Waals surface area contributed by atoms with E-state index in [-0.39, 0.29) is 10.8 Å². The Bertz CT molecular complexity index is 660.